The molecule has 0 radical (unpaired) electrons. The molecular weight excluding hydrogens is 212 g/mol. The van der Waals surface area contributed by atoms with Gasteiger partial charge in [0.25, 0.3) is 0 Å². The van der Waals surface area contributed by atoms with Gasteiger partial charge in [0.05, 0.1) is 24.0 Å². The number of halogens is 1. The molecule has 78 valence electrons. The molecule has 2 aromatic rings. The SMILES string of the molecule is COc1ccc(-c2c(Cl)cnn2C)cc1. The van der Waals surface area contributed by atoms with E-state index < -0.39 is 0 Å². The van der Waals surface area contributed by atoms with Crippen LogP contribution >= 0.6 is 11.6 Å². The summed E-state index contributed by atoms with van der Waals surface area (Å²) in [6.07, 6.45) is 1.64. The topological polar surface area (TPSA) is 27.1 Å². The fourth-order valence-corrected chi connectivity index (χ4v) is 1.76. The van der Waals surface area contributed by atoms with Gasteiger partial charge in [-0.15, -0.1) is 0 Å². The van der Waals surface area contributed by atoms with Crippen LogP contribution in [0.2, 0.25) is 5.02 Å². The van der Waals surface area contributed by atoms with E-state index in [0.29, 0.717) is 5.02 Å². The molecule has 0 atom stereocenters. The Kier molecular flexibility index (Phi) is 2.64. The highest BCUT2D eigenvalue weighted by Gasteiger charge is 2.08. The zero-order chi connectivity index (χ0) is 10.8. The second-order valence-corrected chi connectivity index (χ2v) is 3.60. The van der Waals surface area contributed by atoms with Crippen molar-refractivity contribution in [2.45, 2.75) is 0 Å². The first-order valence-electron chi connectivity index (χ1n) is 4.54. The van der Waals surface area contributed by atoms with Gasteiger partial charge in [-0.25, -0.2) is 0 Å². The smallest absolute Gasteiger partial charge is 0.118 e. The molecular formula is C11H11ClN2O. The molecule has 0 saturated heterocycles. The molecule has 0 unspecified atom stereocenters. The zero-order valence-electron chi connectivity index (χ0n) is 8.57. The highest BCUT2D eigenvalue weighted by atomic mass is 35.5. The van der Waals surface area contributed by atoms with Crippen molar-refractivity contribution in [2.75, 3.05) is 7.11 Å². The summed E-state index contributed by atoms with van der Waals surface area (Å²) in [6.45, 7) is 0. The van der Waals surface area contributed by atoms with Gasteiger partial charge in [0.15, 0.2) is 0 Å². The molecule has 0 aliphatic rings. The van der Waals surface area contributed by atoms with Crippen LogP contribution in [0.15, 0.2) is 30.5 Å². The van der Waals surface area contributed by atoms with Crippen molar-refractivity contribution in [1.82, 2.24) is 9.78 Å². The number of aromatic nitrogens is 2. The number of ether oxygens (including phenoxy) is 1. The lowest BCUT2D eigenvalue weighted by Gasteiger charge is -2.04. The summed E-state index contributed by atoms with van der Waals surface area (Å²) in [5.41, 5.74) is 1.94. The van der Waals surface area contributed by atoms with Crippen molar-refractivity contribution in [2.24, 2.45) is 7.05 Å². The molecule has 1 aromatic carbocycles. The first-order valence-corrected chi connectivity index (χ1v) is 4.92. The Morgan fingerprint density at radius 1 is 1.27 bits per heavy atom. The minimum absolute atomic E-state index is 0.655. The number of aryl methyl sites for hydroxylation is 1. The van der Waals surface area contributed by atoms with Gasteiger partial charge in [-0.05, 0) is 24.3 Å². The molecule has 0 aliphatic heterocycles. The van der Waals surface area contributed by atoms with Gasteiger partial charge in [-0.3, -0.25) is 4.68 Å². The molecule has 4 heteroatoms. The second kappa shape index (κ2) is 3.95. The number of rotatable bonds is 2. The molecule has 1 heterocycles. The number of benzene rings is 1. The minimum Gasteiger partial charge on any atom is -0.497 e. The summed E-state index contributed by atoms with van der Waals surface area (Å²) < 4.78 is 6.85. The third-order valence-corrected chi connectivity index (χ3v) is 2.53. The van der Waals surface area contributed by atoms with E-state index in [2.05, 4.69) is 5.10 Å². The van der Waals surface area contributed by atoms with Crippen LogP contribution in [0, 0.1) is 0 Å². The predicted molar refractivity (Wildman–Crippen MR) is 60.2 cm³/mol. The Morgan fingerprint density at radius 2 is 1.93 bits per heavy atom. The van der Waals surface area contributed by atoms with Crippen LogP contribution in [0.25, 0.3) is 11.3 Å². The van der Waals surface area contributed by atoms with Gasteiger partial charge in [-0.1, -0.05) is 11.6 Å². The van der Waals surface area contributed by atoms with Gasteiger partial charge in [0.2, 0.25) is 0 Å². The molecule has 3 nitrogen and oxygen atoms in total. The standard InChI is InChI=1S/C11H11ClN2O/c1-14-11(10(12)7-13-14)8-3-5-9(15-2)6-4-8/h3-7H,1-2H3. The summed E-state index contributed by atoms with van der Waals surface area (Å²) >= 11 is 6.04. The van der Waals surface area contributed by atoms with Crippen molar-refractivity contribution in [3.05, 3.63) is 35.5 Å². The fraction of sp³-hybridized carbons (Fsp3) is 0.182. The molecule has 0 aliphatic carbocycles. The van der Waals surface area contributed by atoms with Crippen molar-refractivity contribution >= 4 is 11.6 Å². The lowest BCUT2D eigenvalue weighted by atomic mass is 10.1. The molecule has 1 aromatic heterocycles. The summed E-state index contributed by atoms with van der Waals surface area (Å²) in [5, 5.41) is 4.74. The van der Waals surface area contributed by atoms with Crippen LogP contribution in [0.4, 0.5) is 0 Å². The highest BCUT2D eigenvalue weighted by molar-refractivity contribution is 6.33. The quantitative estimate of drug-likeness (QED) is 0.781. The van der Waals surface area contributed by atoms with E-state index in [1.54, 1.807) is 18.0 Å². The van der Waals surface area contributed by atoms with Crippen molar-refractivity contribution < 1.29 is 4.74 Å². The Morgan fingerprint density at radius 3 is 2.40 bits per heavy atom. The van der Waals surface area contributed by atoms with Crippen molar-refractivity contribution in [3.8, 4) is 17.0 Å². The maximum absolute atomic E-state index is 6.04. The number of methoxy groups -OCH3 is 1. The van der Waals surface area contributed by atoms with E-state index in [0.717, 1.165) is 17.0 Å². The molecule has 0 bridgehead atoms. The monoisotopic (exact) mass is 222 g/mol. The third-order valence-electron chi connectivity index (χ3n) is 2.26. The maximum Gasteiger partial charge on any atom is 0.118 e. The minimum atomic E-state index is 0.655. The first-order chi connectivity index (χ1) is 7.22. The van der Waals surface area contributed by atoms with Gasteiger partial charge in [0, 0.05) is 12.6 Å². The first kappa shape index (κ1) is 10.1. The lowest BCUT2D eigenvalue weighted by molar-refractivity contribution is 0.415. The lowest BCUT2D eigenvalue weighted by Crippen LogP contribution is -1.93. The summed E-state index contributed by atoms with van der Waals surface area (Å²) in [4.78, 5) is 0. The van der Waals surface area contributed by atoms with E-state index in [4.69, 9.17) is 16.3 Å². The highest BCUT2D eigenvalue weighted by Crippen LogP contribution is 2.28. The van der Waals surface area contributed by atoms with Crippen molar-refractivity contribution in [1.29, 1.82) is 0 Å². The molecule has 15 heavy (non-hydrogen) atoms. The van der Waals surface area contributed by atoms with E-state index in [1.165, 1.54) is 0 Å². The normalized spacial score (nSPS) is 10.3. The van der Waals surface area contributed by atoms with E-state index >= 15 is 0 Å². The molecule has 0 spiro atoms. The van der Waals surface area contributed by atoms with Gasteiger partial charge < -0.3 is 4.74 Å². The van der Waals surface area contributed by atoms with E-state index in [-0.39, 0.29) is 0 Å². The molecule has 0 N–H and O–H groups in total. The molecule has 0 saturated carbocycles. The molecule has 0 fully saturated rings. The Labute approximate surface area is 93.2 Å². The van der Waals surface area contributed by atoms with Crippen molar-refractivity contribution in [3.63, 3.8) is 0 Å². The number of hydrogen-bond acceptors (Lipinski definition) is 2. The average molecular weight is 223 g/mol. The summed E-state index contributed by atoms with van der Waals surface area (Å²) in [7, 11) is 3.51. The van der Waals surface area contributed by atoms with Crippen LogP contribution in [0.1, 0.15) is 0 Å². The Bertz CT molecular complexity index is 442. The largest absolute Gasteiger partial charge is 0.497 e. The van der Waals surface area contributed by atoms with E-state index in [1.807, 2.05) is 31.3 Å². The maximum atomic E-state index is 6.04. The number of hydrogen-bond donors (Lipinski definition) is 0. The van der Waals surface area contributed by atoms with Gasteiger partial charge >= 0.3 is 0 Å². The van der Waals surface area contributed by atoms with Gasteiger partial charge in [0.1, 0.15) is 5.75 Å². The fourth-order valence-electron chi connectivity index (χ4n) is 1.48. The second-order valence-electron chi connectivity index (χ2n) is 3.19. The van der Waals surface area contributed by atoms with Crippen LogP contribution < -0.4 is 4.74 Å². The van der Waals surface area contributed by atoms with Crippen LogP contribution in [0.3, 0.4) is 0 Å². The summed E-state index contributed by atoms with van der Waals surface area (Å²) in [5.74, 6) is 0.831. The molecule has 0 amide bonds. The van der Waals surface area contributed by atoms with Crippen LogP contribution in [0.5, 0.6) is 5.75 Å². The zero-order valence-corrected chi connectivity index (χ0v) is 9.32. The van der Waals surface area contributed by atoms with Crippen LogP contribution in [-0.4, -0.2) is 16.9 Å². The average Bonchev–Trinajstić information content (AvgIpc) is 2.59. The van der Waals surface area contributed by atoms with E-state index in [9.17, 15) is 0 Å². The van der Waals surface area contributed by atoms with Gasteiger partial charge in [-0.2, -0.15) is 5.10 Å². The third kappa shape index (κ3) is 1.83. The predicted octanol–water partition coefficient (Wildman–Crippen LogP) is 2.75. The molecule has 2 rings (SSSR count). The Hall–Kier alpha value is -1.48. The van der Waals surface area contributed by atoms with Crippen LogP contribution in [-0.2, 0) is 7.05 Å². The summed E-state index contributed by atoms with van der Waals surface area (Å²) in [6, 6.07) is 7.72. The number of nitrogens with zero attached hydrogens (tertiary/aromatic N) is 2. The Balaban J connectivity index is 2.45.